The Bertz CT molecular complexity index is 1210. The number of halogens is 1. The lowest BCUT2D eigenvalue weighted by molar-refractivity contribution is -0.155. The molecule has 0 amide bonds. The molecule has 9 nitrogen and oxygen atoms in total. The smallest absolute Gasteiger partial charge is 0.307 e. The number of nitrogens with one attached hydrogen (secondary N) is 3. The number of carbonyl (C=O) groups is 1. The first-order valence-corrected chi connectivity index (χ1v) is 15.0. The highest BCUT2D eigenvalue weighted by Gasteiger charge is 2.32. The molecule has 0 bridgehead atoms. The van der Waals surface area contributed by atoms with Crippen LogP contribution in [0.25, 0.3) is 11.3 Å². The molecular formula is C31H43ClN6O3. The molecule has 2 fully saturated rings. The summed E-state index contributed by atoms with van der Waals surface area (Å²) in [4.78, 5) is 21.5. The van der Waals surface area contributed by atoms with Crippen LogP contribution >= 0.6 is 11.6 Å². The molecule has 0 unspecified atom stereocenters. The van der Waals surface area contributed by atoms with E-state index in [1.54, 1.807) is 6.20 Å². The van der Waals surface area contributed by atoms with Crippen LogP contribution in [0.2, 0.25) is 5.02 Å². The monoisotopic (exact) mass is 582 g/mol. The van der Waals surface area contributed by atoms with Gasteiger partial charge in [-0.05, 0) is 84.4 Å². The average Bonchev–Trinajstić information content (AvgIpc) is 2.93. The van der Waals surface area contributed by atoms with Crippen molar-refractivity contribution in [2.45, 2.75) is 96.4 Å². The van der Waals surface area contributed by atoms with Crippen molar-refractivity contribution in [2.75, 3.05) is 30.4 Å². The van der Waals surface area contributed by atoms with Crippen LogP contribution in [-0.2, 0) is 14.3 Å². The van der Waals surface area contributed by atoms with Gasteiger partial charge in [0, 0.05) is 49.6 Å². The lowest BCUT2D eigenvalue weighted by Crippen LogP contribution is -2.42. The Kier molecular flexibility index (Phi) is 10.5. The van der Waals surface area contributed by atoms with Crippen molar-refractivity contribution < 1.29 is 14.3 Å². The summed E-state index contributed by atoms with van der Waals surface area (Å²) in [7, 11) is 0. The minimum Gasteiger partial charge on any atom is -0.460 e. The molecule has 4 rings (SSSR count). The number of nitrogens with zero attached hydrogens (tertiary/aromatic N) is 3. The van der Waals surface area contributed by atoms with Crippen molar-refractivity contribution in [3.8, 4) is 17.3 Å². The van der Waals surface area contributed by atoms with Crippen LogP contribution in [0.4, 0.5) is 11.6 Å². The highest BCUT2D eigenvalue weighted by Crippen LogP contribution is 2.32. The third-order valence-corrected chi connectivity index (χ3v) is 7.97. The van der Waals surface area contributed by atoms with E-state index < -0.39 is 11.0 Å². The summed E-state index contributed by atoms with van der Waals surface area (Å²) in [5.74, 6) is 1.31. The number of rotatable bonds is 10. The molecule has 3 heterocycles. The predicted octanol–water partition coefficient (Wildman–Crippen LogP) is 5.96. The fraction of sp³-hybridized carbons (Fsp3) is 0.613. The zero-order valence-corrected chi connectivity index (χ0v) is 25.4. The van der Waals surface area contributed by atoms with E-state index in [1.807, 2.05) is 52.0 Å². The molecule has 1 aliphatic heterocycles. The Morgan fingerprint density at radius 1 is 1.20 bits per heavy atom. The summed E-state index contributed by atoms with van der Waals surface area (Å²) < 4.78 is 10.9. The van der Waals surface area contributed by atoms with E-state index in [4.69, 9.17) is 26.1 Å². The quantitative estimate of drug-likeness (QED) is 0.291. The zero-order valence-electron chi connectivity index (χ0n) is 24.6. The number of nitriles is 1. The van der Waals surface area contributed by atoms with Crippen LogP contribution in [0.15, 0.2) is 30.5 Å². The van der Waals surface area contributed by atoms with Crippen molar-refractivity contribution in [3.63, 3.8) is 0 Å². The van der Waals surface area contributed by atoms with Gasteiger partial charge >= 0.3 is 5.97 Å². The molecule has 3 N–H and O–H groups in total. The van der Waals surface area contributed by atoms with E-state index in [-0.39, 0.29) is 12.0 Å². The highest BCUT2D eigenvalue weighted by molar-refractivity contribution is 6.33. The second-order valence-corrected chi connectivity index (χ2v) is 12.8. The molecule has 2 aliphatic rings. The fourth-order valence-electron chi connectivity index (χ4n) is 5.46. The van der Waals surface area contributed by atoms with Crippen molar-refractivity contribution >= 4 is 29.2 Å². The van der Waals surface area contributed by atoms with Crippen molar-refractivity contribution in [1.82, 2.24) is 15.3 Å². The third kappa shape index (κ3) is 9.29. The van der Waals surface area contributed by atoms with Gasteiger partial charge in [0.05, 0.1) is 28.6 Å². The molecule has 1 aliphatic carbocycles. The molecule has 10 heteroatoms. The van der Waals surface area contributed by atoms with Gasteiger partial charge in [0.1, 0.15) is 17.2 Å². The van der Waals surface area contributed by atoms with Crippen LogP contribution < -0.4 is 16.0 Å². The predicted molar refractivity (Wildman–Crippen MR) is 162 cm³/mol. The molecule has 1 atom stereocenters. The number of hydrogen-bond donors (Lipinski definition) is 3. The Morgan fingerprint density at radius 2 is 1.90 bits per heavy atom. The minimum absolute atomic E-state index is 0.0692. The second-order valence-electron chi connectivity index (χ2n) is 12.4. The van der Waals surface area contributed by atoms with Gasteiger partial charge in [-0.1, -0.05) is 17.7 Å². The number of carbonyl (C=O) groups excluding carboxylic acids is 1. The molecule has 41 heavy (non-hydrogen) atoms. The molecule has 1 saturated heterocycles. The SMILES string of the molecule is C[C@H](CC(=O)OC(C)(C)C)N[C@H]1CC[C@H](Nc2cc(-c3cccc(NCC4(C#N)CCOCC4)n3)c(Cl)cn2)CC1. The number of aromatic nitrogens is 2. The van der Waals surface area contributed by atoms with E-state index >= 15 is 0 Å². The maximum atomic E-state index is 12.1. The summed E-state index contributed by atoms with van der Waals surface area (Å²) in [6, 6.07) is 11.0. The van der Waals surface area contributed by atoms with Gasteiger partial charge in [-0.25, -0.2) is 9.97 Å². The van der Waals surface area contributed by atoms with Crippen molar-refractivity contribution in [1.29, 1.82) is 5.26 Å². The van der Waals surface area contributed by atoms with E-state index in [1.165, 1.54) is 0 Å². The van der Waals surface area contributed by atoms with Crippen molar-refractivity contribution in [3.05, 3.63) is 35.5 Å². The van der Waals surface area contributed by atoms with E-state index in [0.29, 0.717) is 61.9 Å². The van der Waals surface area contributed by atoms with Gasteiger partial charge in [-0.2, -0.15) is 5.26 Å². The molecule has 2 aromatic heterocycles. The topological polar surface area (TPSA) is 121 Å². The van der Waals surface area contributed by atoms with Gasteiger partial charge in [0.2, 0.25) is 0 Å². The van der Waals surface area contributed by atoms with Crippen LogP contribution in [-0.4, -0.2) is 59.4 Å². The number of pyridine rings is 2. The fourth-order valence-corrected chi connectivity index (χ4v) is 5.66. The van der Waals surface area contributed by atoms with Crippen LogP contribution in [0, 0.1) is 16.7 Å². The zero-order chi connectivity index (χ0) is 29.5. The largest absolute Gasteiger partial charge is 0.460 e. The number of anilines is 2. The molecular weight excluding hydrogens is 540 g/mol. The van der Waals surface area contributed by atoms with Gasteiger partial charge in [-0.3, -0.25) is 4.79 Å². The van der Waals surface area contributed by atoms with Crippen molar-refractivity contribution in [2.24, 2.45) is 5.41 Å². The second kappa shape index (κ2) is 13.8. The first kappa shape index (κ1) is 31.0. The highest BCUT2D eigenvalue weighted by atomic mass is 35.5. The lowest BCUT2D eigenvalue weighted by atomic mass is 9.82. The maximum Gasteiger partial charge on any atom is 0.307 e. The number of hydrogen-bond acceptors (Lipinski definition) is 9. The van der Waals surface area contributed by atoms with E-state index in [2.05, 4.69) is 27.0 Å². The van der Waals surface area contributed by atoms with Gasteiger partial charge in [0.25, 0.3) is 0 Å². The number of esters is 1. The Morgan fingerprint density at radius 3 is 2.59 bits per heavy atom. The van der Waals surface area contributed by atoms with Crippen LogP contribution in [0.3, 0.4) is 0 Å². The Hall–Kier alpha value is -2.93. The van der Waals surface area contributed by atoms with E-state index in [0.717, 1.165) is 42.8 Å². The summed E-state index contributed by atoms with van der Waals surface area (Å²) in [6.45, 7) is 9.45. The van der Waals surface area contributed by atoms with Gasteiger partial charge in [0.15, 0.2) is 0 Å². The maximum absolute atomic E-state index is 12.1. The standard InChI is InChI=1S/C31H43ClN6O3/c1-21(16-29(39)41-30(2,3)4)36-22-8-10-23(11-9-22)37-28-17-24(25(32)18-34-28)26-6-5-7-27(38-26)35-20-31(19-33)12-14-40-15-13-31/h5-7,17-18,21-23,36H,8-16,20H2,1-4H3,(H,34,37)(H,35,38)/t21-,22-,23-/m1/s1. The van der Waals surface area contributed by atoms with Crippen LogP contribution in [0.5, 0.6) is 0 Å². The summed E-state index contributed by atoms with van der Waals surface area (Å²) in [5.41, 5.74) is 0.653. The first-order chi connectivity index (χ1) is 19.5. The summed E-state index contributed by atoms with van der Waals surface area (Å²) >= 11 is 6.56. The first-order valence-electron chi connectivity index (χ1n) is 14.6. The number of ether oxygens (including phenoxy) is 2. The lowest BCUT2D eigenvalue weighted by Gasteiger charge is -2.32. The molecule has 0 spiro atoms. The summed E-state index contributed by atoms with van der Waals surface area (Å²) in [5, 5.41) is 20.8. The molecule has 222 valence electrons. The molecule has 1 saturated carbocycles. The van der Waals surface area contributed by atoms with Gasteiger partial charge < -0.3 is 25.4 Å². The average molecular weight is 583 g/mol. The Labute approximate surface area is 248 Å². The van der Waals surface area contributed by atoms with Crippen LogP contribution in [0.1, 0.15) is 72.6 Å². The normalized spacial score (nSPS) is 21.4. The molecule has 0 radical (unpaired) electrons. The van der Waals surface area contributed by atoms with Gasteiger partial charge in [-0.15, -0.1) is 0 Å². The molecule has 0 aromatic carbocycles. The van der Waals surface area contributed by atoms with E-state index in [9.17, 15) is 10.1 Å². The summed E-state index contributed by atoms with van der Waals surface area (Å²) in [6.07, 6.45) is 7.49. The third-order valence-electron chi connectivity index (χ3n) is 7.67. The minimum atomic E-state index is -0.460. The molecule has 2 aromatic rings. The Balaban J connectivity index is 1.30.